The average Bonchev–Trinajstić information content (AvgIpc) is 2.90. The normalized spacial score (nSPS) is 11.3. The Balaban J connectivity index is 1.92. The van der Waals surface area contributed by atoms with E-state index in [1.165, 1.54) is 22.5 Å². The lowest BCUT2D eigenvalue weighted by Crippen LogP contribution is -2.00. The van der Waals surface area contributed by atoms with Gasteiger partial charge in [0.15, 0.2) is 0 Å². The predicted octanol–water partition coefficient (Wildman–Crippen LogP) is 5.86. The standard InChI is InChI=1S/C23H26N2O/c1-6-26-22-11-9-21(10-12-22)25-18(4)14-20(19(25)5)15-24-23-13-16(2)7-8-17(23)3/h7-15H,6H2,1-5H3. The number of hydrogen-bond acceptors (Lipinski definition) is 2. The Morgan fingerprint density at radius 2 is 1.69 bits per heavy atom. The highest BCUT2D eigenvalue weighted by molar-refractivity contribution is 5.84. The summed E-state index contributed by atoms with van der Waals surface area (Å²) in [6.07, 6.45) is 1.97. The van der Waals surface area contributed by atoms with Gasteiger partial charge in [-0.05, 0) is 82.1 Å². The Labute approximate surface area is 156 Å². The SMILES string of the molecule is CCOc1ccc(-n2c(C)cc(C=Nc3cc(C)ccc3C)c2C)cc1. The van der Waals surface area contributed by atoms with E-state index in [1.54, 1.807) is 0 Å². The monoisotopic (exact) mass is 346 g/mol. The Hall–Kier alpha value is -2.81. The van der Waals surface area contributed by atoms with Gasteiger partial charge in [0.1, 0.15) is 5.75 Å². The zero-order valence-electron chi connectivity index (χ0n) is 16.2. The van der Waals surface area contributed by atoms with E-state index in [0.29, 0.717) is 6.61 Å². The summed E-state index contributed by atoms with van der Waals surface area (Å²) in [5.41, 5.74) is 8.08. The Kier molecular flexibility index (Phi) is 5.27. The van der Waals surface area contributed by atoms with E-state index < -0.39 is 0 Å². The minimum absolute atomic E-state index is 0.680. The molecule has 0 saturated heterocycles. The van der Waals surface area contributed by atoms with E-state index >= 15 is 0 Å². The first kappa shape index (κ1) is 18.0. The number of aryl methyl sites for hydroxylation is 3. The number of benzene rings is 2. The summed E-state index contributed by atoms with van der Waals surface area (Å²) < 4.78 is 7.79. The van der Waals surface area contributed by atoms with Crippen LogP contribution in [0.3, 0.4) is 0 Å². The van der Waals surface area contributed by atoms with Crippen molar-refractivity contribution < 1.29 is 4.74 Å². The molecular weight excluding hydrogens is 320 g/mol. The van der Waals surface area contributed by atoms with Crippen molar-refractivity contribution in [1.82, 2.24) is 4.57 Å². The van der Waals surface area contributed by atoms with Crippen LogP contribution in [0.15, 0.2) is 53.5 Å². The third-order valence-corrected chi connectivity index (χ3v) is 4.58. The fourth-order valence-electron chi connectivity index (χ4n) is 3.17. The second kappa shape index (κ2) is 7.61. The molecule has 0 atom stereocenters. The van der Waals surface area contributed by atoms with Crippen LogP contribution < -0.4 is 4.74 Å². The van der Waals surface area contributed by atoms with Crippen LogP contribution in [-0.2, 0) is 0 Å². The molecule has 0 radical (unpaired) electrons. The van der Waals surface area contributed by atoms with Crippen LogP contribution in [0.1, 0.15) is 35.0 Å². The minimum Gasteiger partial charge on any atom is -0.494 e. The van der Waals surface area contributed by atoms with E-state index in [1.807, 2.05) is 25.3 Å². The highest BCUT2D eigenvalue weighted by atomic mass is 16.5. The fourth-order valence-corrected chi connectivity index (χ4v) is 3.17. The van der Waals surface area contributed by atoms with Gasteiger partial charge in [0.05, 0.1) is 12.3 Å². The van der Waals surface area contributed by atoms with Crippen molar-refractivity contribution in [1.29, 1.82) is 0 Å². The van der Waals surface area contributed by atoms with Crippen molar-refractivity contribution in [3.05, 3.63) is 76.6 Å². The van der Waals surface area contributed by atoms with Gasteiger partial charge in [0, 0.05) is 28.9 Å². The van der Waals surface area contributed by atoms with Crippen molar-refractivity contribution in [2.24, 2.45) is 4.99 Å². The summed E-state index contributed by atoms with van der Waals surface area (Å²) >= 11 is 0. The molecule has 0 fully saturated rings. The molecule has 2 aromatic carbocycles. The van der Waals surface area contributed by atoms with Crippen molar-refractivity contribution in [2.45, 2.75) is 34.6 Å². The average molecular weight is 346 g/mol. The van der Waals surface area contributed by atoms with Gasteiger partial charge >= 0.3 is 0 Å². The predicted molar refractivity (Wildman–Crippen MR) is 110 cm³/mol. The van der Waals surface area contributed by atoms with Gasteiger partial charge < -0.3 is 9.30 Å². The lowest BCUT2D eigenvalue weighted by molar-refractivity contribution is 0.340. The smallest absolute Gasteiger partial charge is 0.119 e. The maximum Gasteiger partial charge on any atom is 0.119 e. The van der Waals surface area contributed by atoms with Crippen molar-refractivity contribution in [3.63, 3.8) is 0 Å². The van der Waals surface area contributed by atoms with Gasteiger partial charge in [0.25, 0.3) is 0 Å². The van der Waals surface area contributed by atoms with Crippen LogP contribution >= 0.6 is 0 Å². The van der Waals surface area contributed by atoms with Crippen LogP contribution in [0.2, 0.25) is 0 Å². The third kappa shape index (κ3) is 3.72. The van der Waals surface area contributed by atoms with Gasteiger partial charge in [-0.15, -0.1) is 0 Å². The highest BCUT2D eigenvalue weighted by Crippen LogP contribution is 2.24. The number of aromatic nitrogens is 1. The van der Waals surface area contributed by atoms with Crippen LogP contribution in [0, 0.1) is 27.7 Å². The highest BCUT2D eigenvalue weighted by Gasteiger charge is 2.09. The first-order valence-electron chi connectivity index (χ1n) is 9.03. The number of nitrogens with zero attached hydrogens (tertiary/aromatic N) is 2. The largest absolute Gasteiger partial charge is 0.494 e. The zero-order chi connectivity index (χ0) is 18.7. The lowest BCUT2D eigenvalue weighted by Gasteiger charge is -2.11. The van der Waals surface area contributed by atoms with E-state index in [2.05, 4.69) is 68.7 Å². The molecule has 0 aliphatic heterocycles. The van der Waals surface area contributed by atoms with E-state index in [0.717, 1.165) is 22.7 Å². The summed E-state index contributed by atoms with van der Waals surface area (Å²) in [5.74, 6) is 0.899. The second-order valence-electron chi connectivity index (χ2n) is 6.64. The topological polar surface area (TPSA) is 26.5 Å². The molecule has 3 rings (SSSR count). The molecule has 0 bridgehead atoms. The minimum atomic E-state index is 0.680. The molecule has 0 aliphatic carbocycles. The molecule has 0 aliphatic rings. The summed E-state index contributed by atoms with van der Waals surface area (Å²) in [6, 6.07) is 16.8. The number of ether oxygens (including phenoxy) is 1. The summed E-state index contributed by atoms with van der Waals surface area (Å²) in [7, 11) is 0. The molecular formula is C23H26N2O. The van der Waals surface area contributed by atoms with Crippen LogP contribution in [0.5, 0.6) is 5.75 Å². The van der Waals surface area contributed by atoms with E-state index in [9.17, 15) is 0 Å². The zero-order valence-corrected chi connectivity index (χ0v) is 16.2. The first-order valence-corrected chi connectivity index (χ1v) is 9.03. The van der Waals surface area contributed by atoms with Gasteiger partial charge in [-0.1, -0.05) is 12.1 Å². The van der Waals surface area contributed by atoms with Crippen LogP contribution in [0.4, 0.5) is 5.69 Å². The van der Waals surface area contributed by atoms with Crippen molar-refractivity contribution in [2.75, 3.05) is 6.61 Å². The van der Waals surface area contributed by atoms with Crippen molar-refractivity contribution >= 4 is 11.9 Å². The summed E-state index contributed by atoms with van der Waals surface area (Å²) in [5, 5.41) is 0. The molecule has 1 heterocycles. The van der Waals surface area contributed by atoms with Gasteiger partial charge in [-0.2, -0.15) is 0 Å². The first-order chi connectivity index (χ1) is 12.5. The summed E-state index contributed by atoms with van der Waals surface area (Å²) in [4.78, 5) is 4.73. The van der Waals surface area contributed by atoms with Gasteiger partial charge in [-0.25, -0.2) is 0 Å². The quantitative estimate of drug-likeness (QED) is 0.531. The molecule has 0 unspecified atom stereocenters. The van der Waals surface area contributed by atoms with Crippen LogP contribution in [-0.4, -0.2) is 17.4 Å². The second-order valence-corrected chi connectivity index (χ2v) is 6.64. The molecule has 26 heavy (non-hydrogen) atoms. The fraction of sp³-hybridized carbons (Fsp3) is 0.261. The molecule has 3 aromatic rings. The van der Waals surface area contributed by atoms with E-state index in [4.69, 9.17) is 9.73 Å². The number of rotatable bonds is 5. The molecule has 0 spiro atoms. The Bertz CT molecular complexity index is 934. The molecule has 0 saturated carbocycles. The molecule has 3 heteroatoms. The molecule has 134 valence electrons. The number of hydrogen-bond donors (Lipinski definition) is 0. The molecule has 0 N–H and O–H groups in total. The van der Waals surface area contributed by atoms with Crippen LogP contribution in [0.25, 0.3) is 5.69 Å². The lowest BCUT2D eigenvalue weighted by atomic mass is 10.1. The maximum absolute atomic E-state index is 5.54. The number of aliphatic imine (C=N–C) groups is 1. The molecule has 1 aromatic heterocycles. The maximum atomic E-state index is 5.54. The Morgan fingerprint density at radius 3 is 2.38 bits per heavy atom. The van der Waals surface area contributed by atoms with E-state index in [-0.39, 0.29) is 0 Å². The van der Waals surface area contributed by atoms with Gasteiger partial charge in [-0.3, -0.25) is 4.99 Å². The molecule has 3 nitrogen and oxygen atoms in total. The third-order valence-electron chi connectivity index (χ3n) is 4.58. The van der Waals surface area contributed by atoms with Crippen molar-refractivity contribution in [3.8, 4) is 11.4 Å². The Morgan fingerprint density at radius 1 is 0.962 bits per heavy atom. The summed E-state index contributed by atoms with van der Waals surface area (Å²) in [6.45, 7) is 11.1. The molecule has 0 amide bonds. The van der Waals surface area contributed by atoms with Gasteiger partial charge in [0.2, 0.25) is 0 Å².